The molecule has 0 saturated heterocycles. The lowest BCUT2D eigenvalue weighted by Crippen LogP contribution is -2.53. The summed E-state index contributed by atoms with van der Waals surface area (Å²) in [6.07, 6.45) is 8.04. The van der Waals surface area contributed by atoms with E-state index in [2.05, 4.69) is 0 Å². The Morgan fingerprint density at radius 3 is 2.54 bits per heavy atom. The number of carbonyl (C=O) groups is 3. The molecule has 0 aromatic carbocycles. The number of hydrogen-bond donors (Lipinski definition) is 0. The molecule has 2 aliphatic carbocycles. The van der Waals surface area contributed by atoms with Gasteiger partial charge in [0.1, 0.15) is 11.2 Å². The molecule has 3 atom stereocenters. The van der Waals surface area contributed by atoms with Crippen molar-refractivity contribution < 1.29 is 28.6 Å². The van der Waals surface area contributed by atoms with Crippen LogP contribution >= 0.6 is 0 Å². The minimum Gasteiger partial charge on any atom is -0.460 e. The SMILES string of the molecule is CCOC(=O)C1=C[C@@H](C2CCCCC2)[C@@]2(CCCC2=O)C(OC(C)=O)O1. The normalized spacial score (nSPS) is 32.1. The molecule has 1 heterocycles. The van der Waals surface area contributed by atoms with E-state index in [1.165, 1.54) is 13.3 Å². The van der Waals surface area contributed by atoms with E-state index in [-0.39, 0.29) is 30.0 Å². The van der Waals surface area contributed by atoms with E-state index >= 15 is 0 Å². The molecule has 2 saturated carbocycles. The minimum absolute atomic E-state index is 0.0685. The number of ketones is 1. The maximum atomic E-state index is 13.0. The van der Waals surface area contributed by atoms with Crippen LogP contribution in [0.1, 0.15) is 65.2 Å². The van der Waals surface area contributed by atoms with Crippen LogP contribution in [0, 0.1) is 17.3 Å². The summed E-state index contributed by atoms with van der Waals surface area (Å²) in [7, 11) is 0. The third kappa shape index (κ3) is 3.38. The van der Waals surface area contributed by atoms with Gasteiger partial charge < -0.3 is 14.2 Å². The highest BCUT2D eigenvalue weighted by molar-refractivity contribution is 5.91. The predicted octanol–water partition coefficient (Wildman–Crippen LogP) is 3.29. The summed E-state index contributed by atoms with van der Waals surface area (Å²) in [5, 5.41) is 0. The van der Waals surface area contributed by atoms with E-state index in [0.29, 0.717) is 12.8 Å². The van der Waals surface area contributed by atoms with Crippen LogP contribution in [0.4, 0.5) is 0 Å². The fourth-order valence-corrected chi connectivity index (χ4v) is 4.89. The van der Waals surface area contributed by atoms with Crippen molar-refractivity contribution in [2.24, 2.45) is 17.3 Å². The summed E-state index contributed by atoms with van der Waals surface area (Å²) in [5.41, 5.74) is -0.871. The van der Waals surface area contributed by atoms with E-state index in [0.717, 1.165) is 32.1 Å². The van der Waals surface area contributed by atoms with Gasteiger partial charge in [0.05, 0.1) is 6.61 Å². The Kier molecular flexibility index (Phi) is 5.68. The lowest BCUT2D eigenvalue weighted by atomic mass is 9.62. The van der Waals surface area contributed by atoms with E-state index in [1.807, 2.05) is 0 Å². The predicted molar refractivity (Wildman–Crippen MR) is 92.7 cm³/mol. The number of hydrogen-bond acceptors (Lipinski definition) is 6. The molecule has 0 aromatic heterocycles. The molecule has 6 nitrogen and oxygen atoms in total. The van der Waals surface area contributed by atoms with Gasteiger partial charge in [-0.25, -0.2) is 4.79 Å². The molecular formula is C20H28O6. The molecule has 1 unspecified atom stereocenters. The Morgan fingerprint density at radius 2 is 1.96 bits per heavy atom. The summed E-state index contributed by atoms with van der Waals surface area (Å²) in [6.45, 7) is 3.26. The lowest BCUT2D eigenvalue weighted by molar-refractivity contribution is -0.216. The van der Waals surface area contributed by atoms with Gasteiger partial charge in [-0.15, -0.1) is 0 Å². The molecule has 2 fully saturated rings. The summed E-state index contributed by atoms with van der Waals surface area (Å²) < 4.78 is 16.3. The molecule has 0 radical (unpaired) electrons. The van der Waals surface area contributed by atoms with E-state index in [1.54, 1.807) is 13.0 Å². The van der Waals surface area contributed by atoms with Crippen molar-refractivity contribution in [3.8, 4) is 0 Å². The molecule has 0 amide bonds. The second kappa shape index (κ2) is 7.80. The van der Waals surface area contributed by atoms with Crippen molar-refractivity contribution in [1.82, 2.24) is 0 Å². The number of rotatable bonds is 4. The topological polar surface area (TPSA) is 78.9 Å². The first kappa shape index (κ1) is 18.9. The Labute approximate surface area is 154 Å². The van der Waals surface area contributed by atoms with Crippen molar-refractivity contribution in [2.45, 2.75) is 71.5 Å². The van der Waals surface area contributed by atoms with Crippen LogP contribution in [0.15, 0.2) is 11.8 Å². The van der Waals surface area contributed by atoms with Crippen LogP contribution in [0.5, 0.6) is 0 Å². The highest BCUT2D eigenvalue weighted by Gasteiger charge is 2.60. The smallest absolute Gasteiger partial charge is 0.373 e. The van der Waals surface area contributed by atoms with Gasteiger partial charge in [-0.1, -0.05) is 19.3 Å². The average Bonchev–Trinajstić information content (AvgIpc) is 2.99. The summed E-state index contributed by atoms with van der Waals surface area (Å²) in [4.78, 5) is 37.0. The molecule has 26 heavy (non-hydrogen) atoms. The van der Waals surface area contributed by atoms with Gasteiger partial charge in [-0.05, 0) is 44.6 Å². The van der Waals surface area contributed by atoms with Gasteiger partial charge in [0.15, 0.2) is 0 Å². The van der Waals surface area contributed by atoms with Crippen LogP contribution in [-0.4, -0.2) is 30.6 Å². The second-order valence-corrected chi connectivity index (χ2v) is 7.55. The minimum atomic E-state index is -1.05. The summed E-state index contributed by atoms with van der Waals surface area (Å²) >= 11 is 0. The first-order valence-corrected chi connectivity index (χ1v) is 9.75. The number of carbonyl (C=O) groups excluding carboxylic acids is 3. The van der Waals surface area contributed by atoms with Crippen molar-refractivity contribution in [3.63, 3.8) is 0 Å². The van der Waals surface area contributed by atoms with Crippen LogP contribution in [-0.2, 0) is 28.6 Å². The zero-order valence-electron chi connectivity index (χ0n) is 15.6. The molecule has 1 spiro atoms. The fourth-order valence-electron chi connectivity index (χ4n) is 4.89. The summed E-state index contributed by atoms with van der Waals surface area (Å²) in [5.74, 6) is -0.794. The van der Waals surface area contributed by atoms with Gasteiger partial charge >= 0.3 is 11.9 Å². The quantitative estimate of drug-likeness (QED) is 0.712. The monoisotopic (exact) mass is 364 g/mol. The zero-order chi connectivity index (χ0) is 18.7. The van der Waals surface area contributed by atoms with E-state index in [9.17, 15) is 14.4 Å². The van der Waals surface area contributed by atoms with Crippen LogP contribution in [0.25, 0.3) is 0 Å². The third-order valence-electron chi connectivity index (χ3n) is 6.00. The standard InChI is InChI=1S/C20H28O6/c1-3-24-18(23)16-12-15(14-8-5-4-6-9-14)20(11-7-10-17(20)22)19(26-16)25-13(2)21/h12,14-15,19H,3-11H2,1-2H3/t15-,19?,20+/m0/s1. The van der Waals surface area contributed by atoms with E-state index < -0.39 is 23.6 Å². The Hall–Kier alpha value is -1.85. The molecule has 3 rings (SSSR count). The van der Waals surface area contributed by atoms with Crippen LogP contribution in [0.3, 0.4) is 0 Å². The molecule has 6 heteroatoms. The molecule has 1 aliphatic heterocycles. The Morgan fingerprint density at radius 1 is 1.23 bits per heavy atom. The van der Waals surface area contributed by atoms with Gasteiger partial charge in [-0.2, -0.15) is 0 Å². The van der Waals surface area contributed by atoms with Gasteiger partial charge in [-0.3, -0.25) is 9.59 Å². The maximum absolute atomic E-state index is 13.0. The molecule has 0 aromatic rings. The highest BCUT2D eigenvalue weighted by atomic mass is 16.7. The zero-order valence-corrected chi connectivity index (χ0v) is 15.6. The number of esters is 2. The van der Waals surface area contributed by atoms with Crippen molar-refractivity contribution in [1.29, 1.82) is 0 Å². The van der Waals surface area contributed by atoms with Gasteiger partial charge in [0, 0.05) is 19.3 Å². The molecule has 0 bridgehead atoms. The first-order chi connectivity index (χ1) is 12.5. The van der Waals surface area contributed by atoms with Crippen molar-refractivity contribution >= 4 is 17.7 Å². The van der Waals surface area contributed by atoms with Crippen LogP contribution < -0.4 is 0 Å². The maximum Gasteiger partial charge on any atom is 0.373 e. The van der Waals surface area contributed by atoms with E-state index in [4.69, 9.17) is 14.2 Å². The third-order valence-corrected chi connectivity index (χ3v) is 6.00. The van der Waals surface area contributed by atoms with Crippen molar-refractivity contribution in [3.05, 3.63) is 11.8 Å². The summed E-state index contributed by atoms with van der Waals surface area (Å²) in [6, 6.07) is 0. The Bertz CT molecular complexity index is 603. The lowest BCUT2D eigenvalue weighted by Gasteiger charge is -2.46. The van der Waals surface area contributed by atoms with Gasteiger partial charge in [0.25, 0.3) is 6.29 Å². The molecule has 3 aliphatic rings. The fraction of sp³-hybridized carbons (Fsp3) is 0.750. The molecular weight excluding hydrogens is 336 g/mol. The highest BCUT2D eigenvalue weighted by Crippen LogP contribution is 2.54. The Balaban J connectivity index is 2.02. The first-order valence-electron chi connectivity index (χ1n) is 9.75. The average molecular weight is 364 g/mol. The molecule has 0 N–H and O–H groups in total. The number of ether oxygens (including phenoxy) is 3. The van der Waals surface area contributed by atoms with Crippen LogP contribution in [0.2, 0.25) is 0 Å². The largest absolute Gasteiger partial charge is 0.460 e. The number of allylic oxidation sites excluding steroid dienone is 1. The number of Topliss-reactive ketones (excluding diaryl/α,β-unsaturated/α-hetero) is 1. The van der Waals surface area contributed by atoms with Crippen molar-refractivity contribution in [2.75, 3.05) is 6.61 Å². The second-order valence-electron chi connectivity index (χ2n) is 7.55. The molecule has 144 valence electrons. The van der Waals surface area contributed by atoms with Gasteiger partial charge in [0.2, 0.25) is 5.76 Å².